The molecule has 0 aliphatic carbocycles. The summed E-state index contributed by atoms with van der Waals surface area (Å²) in [7, 11) is 0. The molecule has 0 radical (unpaired) electrons. The summed E-state index contributed by atoms with van der Waals surface area (Å²) in [5, 5.41) is 4.57. The van der Waals surface area contributed by atoms with Crippen molar-refractivity contribution in [1.29, 1.82) is 0 Å². The molecule has 2 heterocycles. The summed E-state index contributed by atoms with van der Waals surface area (Å²) in [5.74, 6) is 0. The highest BCUT2D eigenvalue weighted by molar-refractivity contribution is 9.10. The van der Waals surface area contributed by atoms with E-state index >= 15 is 0 Å². The lowest BCUT2D eigenvalue weighted by molar-refractivity contribution is 0.357. The van der Waals surface area contributed by atoms with E-state index in [1.54, 1.807) is 0 Å². The lowest BCUT2D eigenvalue weighted by atomic mass is 9.96. The van der Waals surface area contributed by atoms with Crippen LogP contribution in [0.5, 0.6) is 0 Å². The molecule has 2 nitrogen and oxygen atoms in total. The number of fused-ring (bicyclic) bond motifs is 2. The summed E-state index contributed by atoms with van der Waals surface area (Å²) in [6, 6.07) is 8.28. The minimum Gasteiger partial charge on any atom is -0.364 e. The Kier molecular flexibility index (Phi) is 4.58. The van der Waals surface area contributed by atoms with E-state index in [9.17, 15) is 0 Å². The van der Waals surface area contributed by atoms with Gasteiger partial charge < -0.3 is 10.2 Å². The molecule has 1 N–H and O–H groups in total. The Balaban J connectivity index is 1.76. The maximum atomic E-state index is 6.45. The van der Waals surface area contributed by atoms with Crippen LogP contribution in [0.1, 0.15) is 39.0 Å². The summed E-state index contributed by atoms with van der Waals surface area (Å²) in [5.41, 5.74) is 1.22. The molecule has 3 rings (SSSR count). The van der Waals surface area contributed by atoms with Crippen molar-refractivity contribution < 1.29 is 0 Å². The molecule has 110 valence electrons. The minimum absolute atomic E-state index is 0.654. The first-order valence-electron chi connectivity index (χ1n) is 7.65. The van der Waals surface area contributed by atoms with E-state index in [1.165, 1.54) is 37.8 Å². The van der Waals surface area contributed by atoms with E-state index in [2.05, 4.69) is 45.2 Å². The molecule has 2 unspecified atom stereocenters. The second-order valence-electron chi connectivity index (χ2n) is 6.01. The van der Waals surface area contributed by atoms with E-state index in [4.69, 9.17) is 11.6 Å². The SMILES string of the molecule is CCCNC1CC2CCC(C1)N2c1ccc(Br)cc1Cl. The van der Waals surface area contributed by atoms with Gasteiger partial charge in [0, 0.05) is 22.6 Å². The van der Waals surface area contributed by atoms with Crippen LogP contribution in [0, 0.1) is 0 Å². The Morgan fingerprint density at radius 3 is 2.60 bits per heavy atom. The van der Waals surface area contributed by atoms with Crippen LogP contribution >= 0.6 is 27.5 Å². The van der Waals surface area contributed by atoms with E-state index in [-0.39, 0.29) is 0 Å². The van der Waals surface area contributed by atoms with Crippen molar-refractivity contribution in [3.8, 4) is 0 Å². The zero-order valence-corrected chi connectivity index (χ0v) is 14.3. The summed E-state index contributed by atoms with van der Waals surface area (Å²) >= 11 is 9.95. The molecule has 2 aliphatic heterocycles. The van der Waals surface area contributed by atoms with Crippen LogP contribution in [0.15, 0.2) is 22.7 Å². The highest BCUT2D eigenvalue weighted by atomic mass is 79.9. The van der Waals surface area contributed by atoms with Gasteiger partial charge in [-0.3, -0.25) is 0 Å². The molecule has 2 bridgehead atoms. The maximum absolute atomic E-state index is 6.45. The highest BCUT2D eigenvalue weighted by Gasteiger charge is 2.41. The predicted octanol–water partition coefficient (Wildman–Crippen LogP) is 4.60. The average Bonchev–Trinajstić information content (AvgIpc) is 2.68. The lowest BCUT2D eigenvalue weighted by Crippen LogP contribution is -2.49. The number of rotatable bonds is 4. The molecule has 2 saturated heterocycles. The van der Waals surface area contributed by atoms with Crippen LogP contribution in [0.3, 0.4) is 0 Å². The van der Waals surface area contributed by atoms with Crippen LogP contribution in [-0.2, 0) is 0 Å². The Bertz CT molecular complexity index is 466. The van der Waals surface area contributed by atoms with Crippen molar-refractivity contribution >= 4 is 33.2 Å². The summed E-state index contributed by atoms with van der Waals surface area (Å²) < 4.78 is 1.05. The van der Waals surface area contributed by atoms with Gasteiger partial charge in [-0.05, 0) is 56.8 Å². The average molecular weight is 358 g/mol. The van der Waals surface area contributed by atoms with Crippen LogP contribution in [-0.4, -0.2) is 24.7 Å². The van der Waals surface area contributed by atoms with Crippen LogP contribution in [0.2, 0.25) is 5.02 Å². The number of anilines is 1. The van der Waals surface area contributed by atoms with E-state index in [0.717, 1.165) is 16.0 Å². The second-order valence-corrected chi connectivity index (χ2v) is 7.33. The van der Waals surface area contributed by atoms with Crippen LogP contribution < -0.4 is 10.2 Å². The molecular weight excluding hydrogens is 336 g/mol. The number of piperidine rings is 1. The van der Waals surface area contributed by atoms with Crippen LogP contribution in [0.25, 0.3) is 0 Å². The molecule has 4 heteroatoms. The number of nitrogens with zero attached hydrogens (tertiary/aromatic N) is 1. The molecule has 2 aliphatic rings. The fourth-order valence-electron chi connectivity index (χ4n) is 3.78. The number of benzene rings is 1. The van der Waals surface area contributed by atoms with Gasteiger partial charge in [-0.25, -0.2) is 0 Å². The first-order chi connectivity index (χ1) is 9.69. The third kappa shape index (κ3) is 2.86. The van der Waals surface area contributed by atoms with Gasteiger partial charge >= 0.3 is 0 Å². The predicted molar refractivity (Wildman–Crippen MR) is 89.8 cm³/mol. The van der Waals surface area contributed by atoms with Gasteiger partial charge in [0.2, 0.25) is 0 Å². The van der Waals surface area contributed by atoms with Crippen LogP contribution in [0.4, 0.5) is 5.69 Å². The normalized spacial score (nSPS) is 28.9. The van der Waals surface area contributed by atoms with Gasteiger partial charge in [-0.1, -0.05) is 34.5 Å². The monoisotopic (exact) mass is 356 g/mol. The molecule has 2 atom stereocenters. The third-order valence-electron chi connectivity index (χ3n) is 4.60. The third-order valence-corrected chi connectivity index (χ3v) is 5.40. The summed E-state index contributed by atoms with van der Waals surface area (Å²) in [6.07, 6.45) is 6.34. The molecule has 2 fully saturated rings. The topological polar surface area (TPSA) is 15.3 Å². The number of nitrogens with one attached hydrogen (secondary N) is 1. The molecule has 1 aromatic rings. The fraction of sp³-hybridized carbons (Fsp3) is 0.625. The first kappa shape index (κ1) is 14.7. The molecule has 0 aromatic heterocycles. The molecular formula is C16H22BrClN2. The molecule has 1 aromatic carbocycles. The number of halogens is 2. The Morgan fingerprint density at radius 1 is 1.30 bits per heavy atom. The Morgan fingerprint density at radius 2 is 2.00 bits per heavy atom. The number of hydrogen-bond donors (Lipinski definition) is 1. The van der Waals surface area contributed by atoms with Crippen molar-refractivity contribution in [3.63, 3.8) is 0 Å². The molecule has 0 spiro atoms. The highest BCUT2D eigenvalue weighted by Crippen LogP contribution is 2.42. The molecule has 0 saturated carbocycles. The minimum atomic E-state index is 0.654. The fourth-order valence-corrected chi connectivity index (χ4v) is 4.55. The first-order valence-corrected chi connectivity index (χ1v) is 8.83. The van der Waals surface area contributed by atoms with Crippen molar-refractivity contribution in [3.05, 3.63) is 27.7 Å². The van der Waals surface area contributed by atoms with Gasteiger partial charge in [0.25, 0.3) is 0 Å². The maximum Gasteiger partial charge on any atom is 0.0650 e. The zero-order valence-electron chi connectivity index (χ0n) is 11.9. The van der Waals surface area contributed by atoms with Crippen molar-refractivity contribution in [2.45, 2.75) is 57.2 Å². The van der Waals surface area contributed by atoms with Crippen molar-refractivity contribution in [1.82, 2.24) is 5.32 Å². The lowest BCUT2D eigenvalue weighted by Gasteiger charge is -2.41. The van der Waals surface area contributed by atoms with E-state index < -0.39 is 0 Å². The van der Waals surface area contributed by atoms with E-state index in [1.807, 2.05) is 6.07 Å². The molecule has 20 heavy (non-hydrogen) atoms. The standard InChI is InChI=1S/C16H22BrClN2/c1-2-7-19-12-9-13-4-5-14(10-12)20(13)16-6-3-11(17)8-15(16)18/h3,6,8,12-14,19H,2,4-5,7,9-10H2,1H3. The summed E-state index contributed by atoms with van der Waals surface area (Å²) in [4.78, 5) is 2.58. The summed E-state index contributed by atoms with van der Waals surface area (Å²) in [6.45, 7) is 3.38. The Labute approximate surface area is 135 Å². The second kappa shape index (κ2) is 6.25. The zero-order chi connectivity index (χ0) is 14.1. The van der Waals surface area contributed by atoms with Gasteiger partial charge in [0.05, 0.1) is 10.7 Å². The Hall–Kier alpha value is -0.250. The van der Waals surface area contributed by atoms with Crippen molar-refractivity contribution in [2.75, 3.05) is 11.4 Å². The van der Waals surface area contributed by atoms with Gasteiger partial charge in [0.15, 0.2) is 0 Å². The van der Waals surface area contributed by atoms with Gasteiger partial charge in [0.1, 0.15) is 0 Å². The van der Waals surface area contributed by atoms with Gasteiger partial charge in [-0.15, -0.1) is 0 Å². The number of hydrogen-bond acceptors (Lipinski definition) is 2. The van der Waals surface area contributed by atoms with E-state index in [0.29, 0.717) is 18.1 Å². The smallest absolute Gasteiger partial charge is 0.0650 e. The van der Waals surface area contributed by atoms with Gasteiger partial charge in [-0.2, -0.15) is 0 Å². The largest absolute Gasteiger partial charge is 0.364 e. The molecule has 0 amide bonds. The van der Waals surface area contributed by atoms with Crippen molar-refractivity contribution in [2.24, 2.45) is 0 Å². The quantitative estimate of drug-likeness (QED) is 0.847.